The van der Waals surface area contributed by atoms with E-state index in [1.165, 1.54) is 6.07 Å². The third-order valence-corrected chi connectivity index (χ3v) is 6.31. The summed E-state index contributed by atoms with van der Waals surface area (Å²) in [5, 5.41) is 7.80. The molecule has 10 heteroatoms. The SMILES string of the molecule is Cc1cc(NS(=O)(=O)c2ccc3c(c2)CN(C(=O)[C@H](C)n2cccn2)CC3)no1. The van der Waals surface area contributed by atoms with Gasteiger partial charge in [0.05, 0.1) is 4.90 Å². The van der Waals surface area contributed by atoms with Gasteiger partial charge < -0.3 is 9.42 Å². The summed E-state index contributed by atoms with van der Waals surface area (Å²) in [5.41, 5.74) is 1.86. The summed E-state index contributed by atoms with van der Waals surface area (Å²) in [6.07, 6.45) is 4.06. The van der Waals surface area contributed by atoms with Crippen LogP contribution in [0.3, 0.4) is 0 Å². The van der Waals surface area contributed by atoms with Gasteiger partial charge in [-0.15, -0.1) is 0 Å². The lowest BCUT2D eigenvalue weighted by molar-refractivity contribution is -0.135. The van der Waals surface area contributed by atoms with Crippen molar-refractivity contribution in [3.8, 4) is 0 Å². The van der Waals surface area contributed by atoms with Crippen LogP contribution in [-0.2, 0) is 27.8 Å². The maximum absolute atomic E-state index is 12.8. The molecule has 1 N–H and O–H groups in total. The number of rotatable bonds is 5. The number of benzene rings is 1. The monoisotopic (exact) mass is 415 g/mol. The van der Waals surface area contributed by atoms with Crippen molar-refractivity contribution in [1.82, 2.24) is 19.8 Å². The van der Waals surface area contributed by atoms with Gasteiger partial charge in [0, 0.05) is 31.5 Å². The first-order valence-electron chi connectivity index (χ1n) is 9.19. The summed E-state index contributed by atoms with van der Waals surface area (Å²) in [6.45, 7) is 4.42. The van der Waals surface area contributed by atoms with Gasteiger partial charge in [-0.1, -0.05) is 11.2 Å². The summed E-state index contributed by atoms with van der Waals surface area (Å²) in [5.74, 6) is 0.586. The minimum Gasteiger partial charge on any atom is -0.360 e. The summed E-state index contributed by atoms with van der Waals surface area (Å²) < 4.78 is 34.3. The number of aryl methyl sites for hydroxylation is 1. The molecule has 1 aliphatic heterocycles. The largest absolute Gasteiger partial charge is 0.360 e. The Morgan fingerprint density at radius 1 is 1.28 bits per heavy atom. The molecule has 152 valence electrons. The summed E-state index contributed by atoms with van der Waals surface area (Å²) in [4.78, 5) is 14.7. The van der Waals surface area contributed by atoms with Crippen molar-refractivity contribution in [2.75, 3.05) is 11.3 Å². The van der Waals surface area contributed by atoms with E-state index in [0.717, 1.165) is 11.1 Å². The fourth-order valence-electron chi connectivity index (χ4n) is 3.39. The smallest absolute Gasteiger partial charge is 0.263 e. The number of fused-ring (bicyclic) bond motifs is 1. The molecular weight excluding hydrogens is 394 g/mol. The standard InChI is InChI=1S/C19H21N5O4S/c1-13-10-18(21-28-13)22-29(26,27)17-5-4-15-6-9-23(12-16(15)11-17)19(25)14(2)24-8-3-7-20-24/h3-5,7-8,10-11,14H,6,9,12H2,1-2H3,(H,21,22)/t14-/m0/s1. The quantitative estimate of drug-likeness (QED) is 0.683. The molecule has 0 saturated heterocycles. The highest BCUT2D eigenvalue weighted by atomic mass is 32.2. The molecule has 9 nitrogen and oxygen atoms in total. The minimum absolute atomic E-state index is 0.0520. The van der Waals surface area contributed by atoms with E-state index in [0.29, 0.717) is 25.3 Å². The van der Waals surface area contributed by atoms with E-state index in [1.807, 2.05) is 0 Å². The summed E-state index contributed by atoms with van der Waals surface area (Å²) in [7, 11) is -3.81. The van der Waals surface area contributed by atoms with Gasteiger partial charge in [-0.05, 0) is 49.6 Å². The second-order valence-electron chi connectivity index (χ2n) is 7.03. The van der Waals surface area contributed by atoms with Gasteiger partial charge in [-0.25, -0.2) is 8.42 Å². The van der Waals surface area contributed by atoms with Crippen LogP contribution in [0.5, 0.6) is 0 Å². The van der Waals surface area contributed by atoms with Gasteiger partial charge in [0.2, 0.25) is 5.91 Å². The zero-order chi connectivity index (χ0) is 20.6. The van der Waals surface area contributed by atoms with Gasteiger partial charge >= 0.3 is 0 Å². The van der Waals surface area contributed by atoms with Gasteiger partial charge in [0.25, 0.3) is 10.0 Å². The van der Waals surface area contributed by atoms with Crippen molar-refractivity contribution >= 4 is 21.7 Å². The normalized spacial score (nSPS) is 15.0. The van der Waals surface area contributed by atoms with Crippen LogP contribution in [0, 0.1) is 6.92 Å². The van der Waals surface area contributed by atoms with E-state index in [-0.39, 0.29) is 16.6 Å². The van der Waals surface area contributed by atoms with Crippen molar-refractivity contribution in [3.05, 3.63) is 59.6 Å². The molecule has 1 amide bonds. The molecule has 0 aliphatic carbocycles. The number of anilines is 1. The number of nitrogens with zero attached hydrogens (tertiary/aromatic N) is 4. The van der Waals surface area contributed by atoms with Crippen LogP contribution in [0.4, 0.5) is 5.82 Å². The van der Waals surface area contributed by atoms with Gasteiger partial charge in [-0.3, -0.25) is 14.2 Å². The average molecular weight is 415 g/mol. The number of carbonyl (C=O) groups excluding carboxylic acids is 1. The maximum Gasteiger partial charge on any atom is 0.263 e. The van der Waals surface area contributed by atoms with E-state index in [9.17, 15) is 13.2 Å². The molecule has 3 heterocycles. The van der Waals surface area contributed by atoms with Gasteiger partial charge in [0.1, 0.15) is 11.8 Å². The first kappa shape index (κ1) is 19.2. The molecule has 1 atom stereocenters. The highest BCUT2D eigenvalue weighted by Crippen LogP contribution is 2.25. The fraction of sp³-hybridized carbons (Fsp3) is 0.316. The highest BCUT2D eigenvalue weighted by molar-refractivity contribution is 7.92. The predicted molar refractivity (Wildman–Crippen MR) is 105 cm³/mol. The number of hydrogen-bond acceptors (Lipinski definition) is 6. The topological polar surface area (TPSA) is 110 Å². The van der Waals surface area contributed by atoms with Crippen molar-refractivity contribution in [2.24, 2.45) is 0 Å². The molecule has 3 aromatic rings. The Balaban J connectivity index is 1.54. The van der Waals surface area contributed by atoms with E-state index >= 15 is 0 Å². The van der Waals surface area contributed by atoms with Crippen LogP contribution in [0.15, 0.2) is 52.1 Å². The van der Waals surface area contributed by atoms with E-state index in [1.54, 1.807) is 60.1 Å². The van der Waals surface area contributed by atoms with E-state index < -0.39 is 16.1 Å². The molecule has 0 spiro atoms. The third-order valence-electron chi connectivity index (χ3n) is 4.96. The molecular formula is C19H21N5O4S. The van der Waals surface area contributed by atoms with Gasteiger partial charge in [0.15, 0.2) is 5.82 Å². The lowest BCUT2D eigenvalue weighted by Gasteiger charge is -2.31. The van der Waals surface area contributed by atoms with Crippen LogP contribution >= 0.6 is 0 Å². The predicted octanol–water partition coefficient (Wildman–Crippen LogP) is 2.13. The minimum atomic E-state index is -3.81. The Bertz CT molecular complexity index is 1140. The number of amides is 1. The fourth-order valence-corrected chi connectivity index (χ4v) is 4.42. The number of nitrogens with one attached hydrogen (secondary N) is 1. The highest BCUT2D eigenvalue weighted by Gasteiger charge is 2.27. The van der Waals surface area contributed by atoms with Crippen molar-refractivity contribution < 1.29 is 17.7 Å². The molecule has 29 heavy (non-hydrogen) atoms. The van der Waals surface area contributed by atoms with Crippen LogP contribution in [0.2, 0.25) is 0 Å². The van der Waals surface area contributed by atoms with Crippen molar-refractivity contribution in [2.45, 2.75) is 37.8 Å². The number of aromatic nitrogens is 3. The average Bonchev–Trinajstić information content (AvgIpc) is 3.37. The molecule has 1 aromatic carbocycles. The first-order valence-corrected chi connectivity index (χ1v) is 10.7. The lowest BCUT2D eigenvalue weighted by Crippen LogP contribution is -2.40. The van der Waals surface area contributed by atoms with Crippen molar-refractivity contribution in [1.29, 1.82) is 0 Å². The first-order chi connectivity index (χ1) is 13.8. The summed E-state index contributed by atoms with van der Waals surface area (Å²) >= 11 is 0. The maximum atomic E-state index is 12.8. The molecule has 4 rings (SSSR count). The van der Waals surface area contributed by atoms with Crippen LogP contribution < -0.4 is 4.72 Å². The van der Waals surface area contributed by atoms with E-state index in [2.05, 4.69) is 15.0 Å². The molecule has 0 fully saturated rings. The van der Waals surface area contributed by atoms with Crippen LogP contribution in [0.1, 0.15) is 29.9 Å². The molecule has 0 radical (unpaired) electrons. The Kier molecular flexibility index (Phi) is 4.87. The second kappa shape index (κ2) is 7.36. The van der Waals surface area contributed by atoms with Crippen LogP contribution in [0.25, 0.3) is 0 Å². The molecule has 0 bridgehead atoms. The lowest BCUT2D eigenvalue weighted by atomic mass is 9.99. The Labute approximate surface area is 168 Å². The van der Waals surface area contributed by atoms with Gasteiger partial charge in [-0.2, -0.15) is 5.10 Å². The molecule has 0 saturated carbocycles. The number of sulfonamides is 1. The van der Waals surface area contributed by atoms with E-state index in [4.69, 9.17) is 4.52 Å². The third kappa shape index (κ3) is 3.88. The number of carbonyl (C=O) groups is 1. The molecule has 2 aromatic heterocycles. The molecule has 1 aliphatic rings. The molecule has 0 unspecified atom stereocenters. The summed E-state index contributed by atoms with van der Waals surface area (Å²) in [6, 6.07) is 7.84. The number of hydrogen-bond donors (Lipinski definition) is 1. The van der Waals surface area contributed by atoms with Crippen molar-refractivity contribution in [3.63, 3.8) is 0 Å². The second-order valence-corrected chi connectivity index (χ2v) is 8.71. The Hall–Kier alpha value is -3.14. The Morgan fingerprint density at radius 3 is 2.79 bits per heavy atom. The van der Waals surface area contributed by atoms with Crippen LogP contribution in [-0.4, -0.2) is 40.7 Å². The zero-order valence-corrected chi connectivity index (χ0v) is 16.9. The zero-order valence-electron chi connectivity index (χ0n) is 16.1. The Morgan fingerprint density at radius 2 is 2.10 bits per heavy atom.